The van der Waals surface area contributed by atoms with E-state index in [1.165, 1.54) is 70.6 Å². The first kappa shape index (κ1) is 28.9. The summed E-state index contributed by atoms with van der Waals surface area (Å²) < 4.78 is 1.96. The van der Waals surface area contributed by atoms with E-state index in [9.17, 15) is 4.79 Å². The fraction of sp³-hybridized carbons (Fsp3) is 0.667. The SMILES string of the molecule is CCCCCCCCCCCCCCNC(=NC)C(NC(=O)c1cc2ccccc2n1C)C(C)C. The number of carbonyl (C=O) groups is 1. The van der Waals surface area contributed by atoms with Crippen LogP contribution in [0.25, 0.3) is 10.9 Å². The Labute approximate surface area is 214 Å². The number of aliphatic imine (C=N–C) groups is 1. The van der Waals surface area contributed by atoms with Gasteiger partial charge in [0.25, 0.3) is 5.91 Å². The summed E-state index contributed by atoms with van der Waals surface area (Å²) in [5.41, 5.74) is 1.74. The number of para-hydroxylation sites is 1. The standard InChI is InChI=1S/C30H50N4O/c1-6-7-8-9-10-11-12-13-14-15-16-19-22-32-29(31-4)28(24(2)3)33-30(35)27-23-25-20-17-18-21-26(25)34(27)5/h17-18,20-21,23-24,28H,6-16,19,22H2,1-5H3,(H,31,32)(H,33,35). The second-order valence-electron chi connectivity index (χ2n) is 10.3. The minimum absolute atomic E-state index is 0.0595. The minimum Gasteiger partial charge on any atom is -0.372 e. The number of nitrogens with one attached hydrogen (secondary N) is 2. The molecule has 0 saturated heterocycles. The molecule has 0 fully saturated rings. The number of fused-ring (bicyclic) bond motifs is 1. The van der Waals surface area contributed by atoms with Crippen molar-refractivity contribution in [3.05, 3.63) is 36.0 Å². The van der Waals surface area contributed by atoms with Gasteiger partial charge in [-0.1, -0.05) is 110 Å². The van der Waals surface area contributed by atoms with Gasteiger partial charge >= 0.3 is 0 Å². The third-order valence-electron chi connectivity index (χ3n) is 7.01. The molecule has 2 aromatic rings. The highest BCUT2D eigenvalue weighted by atomic mass is 16.2. The van der Waals surface area contributed by atoms with E-state index < -0.39 is 0 Å². The fourth-order valence-corrected chi connectivity index (χ4v) is 4.78. The van der Waals surface area contributed by atoms with Gasteiger partial charge in [0.05, 0.1) is 6.04 Å². The molecule has 35 heavy (non-hydrogen) atoms. The number of unbranched alkanes of at least 4 members (excludes halogenated alkanes) is 11. The molecule has 196 valence electrons. The Morgan fingerprint density at radius 1 is 0.914 bits per heavy atom. The topological polar surface area (TPSA) is 58.4 Å². The highest BCUT2D eigenvalue weighted by Crippen LogP contribution is 2.19. The quantitative estimate of drug-likeness (QED) is 0.142. The maximum atomic E-state index is 13.1. The van der Waals surface area contributed by atoms with E-state index in [2.05, 4.69) is 36.4 Å². The van der Waals surface area contributed by atoms with E-state index in [0.29, 0.717) is 5.69 Å². The zero-order valence-corrected chi connectivity index (χ0v) is 23.0. The molecule has 0 radical (unpaired) electrons. The average Bonchev–Trinajstić information content (AvgIpc) is 3.19. The van der Waals surface area contributed by atoms with Crippen LogP contribution in [-0.4, -0.2) is 35.9 Å². The van der Waals surface area contributed by atoms with Crippen LogP contribution in [0.4, 0.5) is 0 Å². The van der Waals surface area contributed by atoms with Crippen molar-refractivity contribution < 1.29 is 4.79 Å². The summed E-state index contributed by atoms with van der Waals surface area (Å²) in [6.45, 7) is 7.43. The molecule has 2 N–H and O–H groups in total. The number of amidine groups is 1. The Hall–Kier alpha value is -2.30. The van der Waals surface area contributed by atoms with Crippen molar-refractivity contribution in [2.45, 2.75) is 104 Å². The Morgan fingerprint density at radius 2 is 1.49 bits per heavy atom. The van der Waals surface area contributed by atoms with Crippen LogP contribution in [-0.2, 0) is 7.05 Å². The largest absolute Gasteiger partial charge is 0.372 e. The van der Waals surface area contributed by atoms with Gasteiger partial charge in [0.2, 0.25) is 0 Å². The van der Waals surface area contributed by atoms with Gasteiger partial charge in [0.1, 0.15) is 11.5 Å². The summed E-state index contributed by atoms with van der Waals surface area (Å²) in [4.78, 5) is 17.6. The lowest BCUT2D eigenvalue weighted by atomic mass is 10.0. The number of nitrogens with zero attached hydrogens (tertiary/aromatic N) is 2. The molecule has 1 heterocycles. The van der Waals surface area contributed by atoms with Gasteiger partial charge in [0, 0.05) is 31.5 Å². The van der Waals surface area contributed by atoms with Crippen molar-refractivity contribution in [2.75, 3.05) is 13.6 Å². The molecule has 0 bridgehead atoms. The van der Waals surface area contributed by atoms with Crippen LogP contribution in [0, 0.1) is 5.92 Å². The molecular weight excluding hydrogens is 432 g/mol. The Bertz CT molecular complexity index is 899. The fourth-order valence-electron chi connectivity index (χ4n) is 4.78. The zero-order valence-electron chi connectivity index (χ0n) is 23.0. The van der Waals surface area contributed by atoms with Crippen molar-refractivity contribution >= 4 is 22.6 Å². The molecule has 0 aliphatic carbocycles. The molecule has 1 amide bonds. The van der Waals surface area contributed by atoms with E-state index >= 15 is 0 Å². The Balaban J connectivity index is 1.70. The molecule has 0 spiro atoms. The van der Waals surface area contributed by atoms with E-state index in [1.807, 2.05) is 49.0 Å². The third-order valence-corrected chi connectivity index (χ3v) is 7.01. The number of hydrogen-bond acceptors (Lipinski definition) is 2. The molecule has 5 heteroatoms. The van der Waals surface area contributed by atoms with Gasteiger partial charge in [-0.2, -0.15) is 0 Å². The first-order valence-electron chi connectivity index (χ1n) is 14.1. The lowest BCUT2D eigenvalue weighted by molar-refractivity contribution is 0.0931. The number of amides is 1. The van der Waals surface area contributed by atoms with E-state index in [-0.39, 0.29) is 17.9 Å². The number of hydrogen-bond donors (Lipinski definition) is 2. The number of rotatable bonds is 17. The molecular formula is C30H50N4O. The molecule has 1 unspecified atom stereocenters. The average molecular weight is 483 g/mol. The second-order valence-corrected chi connectivity index (χ2v) is 10.3. The number of benzene rings is 1. The van der Waals surface area contributed by atoms with Gasteiger partial charge < -0.3 is 15.2 Å². The number of aryl methyl sites for hydroxylation is 1. The van der Waals surface area contributed by atoms with Gasteiger partial charge in [-0.25, -0.2) is 0 Å². The number of aromatic nitrogens is 1. The summed E-state index contributed by atoms with van der Waals surface area (Å²) in [6.07, 6.45) is 16.2. The molecule has 1 atom stereocenters. The van der Waals surface area contributed by atoms with Crippen LogP contribution in [0.3, 0.4) is 0 Å². The monoisotopic (exact) mass is 482 g/mol. The highest BCUT2D eigenvalue weighted by Gasteiger charge is 2.24. The minimum atomic E-state index is -0.136. The van der Waals surface area contributed by atoms with E-state index in [0.717, 1.165) is 29.7 Å². The van der Waals surface area contributed by atoms with Crippen molar-refractivity contribution in [1.29, 1.82) is 0 Å². The van der Waals surface area contributed by atoms with Gasteiger partial charge in [-0.05, 0) is 24.5 Å². The maximum absolute atomic E-state index is 13.1. The highest BCUT2D eigenvalue weighted by molar-refractivity contribution is 6.01. The first-order valence-corrected chi connectivity index (χ1v) is 14.1. The summed E-state index contributed by atoms with van der Waals surface area (Å²) in [6, 6.07) is 9.92. The molecule has 5 nitrogen and oxygen atoms in total. The van der Waals surface area contributed by atoms with Crippen molar-refractivity contribution in [3.63, 3.8) is 0 Å². The first-order chi connectivity index (χ1) is 17.0. The van der Waals surface area contributed by atoms with Crippen molar-refractivity contribution in [3.8, 4) is 0 Å². The maximum Gasteiger partial charge on any atom is 0.268 e. The lowest BCUT2D eigenvalue weighted by Gasteiger charge is -2.25. The third kappa shape index (κ3) is 9.70. The lowest BCUT2D eigenvalue weighted by Crippen LogP contribution is -2.50. The van der Waals surface area contributed by atoms with Crippen LogP contribution < -0.4 is 10.6 Å². The molecule has 1 aromatic heterocycles. The van der Waals surface area contributed by atoms with Gasteiger partial charge in [-0.15, -0.1) is 0 Å². The van der Waals surface area contributed by atoms with Crippen molar-refractivity contribution in [1.82, 2.24) is 15.2 Å². The van der Waals surface area contributed by atoms with Crippen LogP contribution in [0.15, 0.2) is 35.3 Å². The molecule has 0 aliphatic heterocycles. The molecule has 1 aromatic carbocycles. The molecule has 0 aliphatic rings. The summed E-state index contributed by atoms with van der Waals surface area (Å²) in [5.74, 6) is 1.05. The smallest absolute Gasteiger partial charge is 0.268 e. The van der Waals surface area contributed by atoms with Gasteiger partial charge in [0.15, 0.2) is 0 Å². The number of carbonyl (C=O) groups excluding carboxylic acids is 1. The predicted octanol–water partition coefficient (Wildman–Crippen LogP) is 7.25. The summed E-state index contributed by atoms with van der Waals surface area (Å²) in [7, 11) is 3.76. The Morgan fingerprint density at radius 3 is 2.03 bits per heavy atom. The van der Waals surface area contributed by atoms with Crippen molar-refractivity contribution in [2.24, 2.45) is 18.0 Å². The van der Waals surface area contributed by atoms with Crippen LogP contribution in [0.2, 0.25) is 0 Å². The van der Waals surface area contributed by atoms with Gasteiger partial charge in [-0.3, -0.25) is 9.79 Å². The predicted molar refractivity (Wildman–Crippen MR) is 151 cm³/mol. The summed E-state index contributed by atoms with van der Waals surface area (Å²) in [5, 5.41) is 7.82. The van der Waals surface area contributed by atoms with E-state index in [4.69, 9.17) is 0 Å². The van der Waals surface area contributed by atoms with Crippen LogP contribution in [0.5, 0.6) is 0 Å². The molecule has 2 rings (SSSR count). The summed E-state index contributed by atoms with van der Waals surface area (Å²) >= 11 is 0. The molecule has 0 saturated carbocycles. The zero-order chi connectivity index (χ0) is 25.5. The van der Waals surface area contributed by atoms with Crippen LogP contribution >= 0.6 is 0 Å². The normalized spacial score (nSPS) is 12.9. The van der Waals surface area contributed by atoms with Crippen LogP contribution in [0.1, 0.15) is 108 Å². The van der Waals surface area contributed by atoms with E-state index in [1.54, 1.807) is 0 Å². The Kier molecular flexibility index (Phi) is 13.5. The second kappa shape index (κ2) is 16.4.